The monoisotopic (exact) mass is 515 g/mol. The van der Waals surface area contributed by atoms with E-state index in [1.165, 1.54) is 5.56 Å². The van der Waals surface area contributed by atoms with Gasteiger partial charge in [0.05, 0.1) is 6.21 Å². The lowest BCUT2D eigenvalue weighted by Gasteiger charge is -2.30. The molecule has 1 aliphatic rings. The smallest absolute Gasteiger partial charge is 0.250 e. The summed E-state index contributed by atoms with van der Waals surface area (Å²) < 4.78 is 5.90. The third-order valence-corrected chi connectivity index (χ3v) is 6.87. The third-order valence-electron chi connectivity index (χ3n) is 6.63. The molecule has 8 nitrogen and oxygen atoms in total. The minimum absolute atomic E-state index is 0.356. The minimum Gasteiger partial charge on any atom is -0.455 e. The fourth-order valence-corrected chi connectivity index (χ4v) is 4.39. The molecule has 2 aromatic carbocycles. The van der Waals surface area contributed by atoms with Crippen LogP contribution in [0.5, 0.6) is 0 Å². The molecule has 0 amide bonds. The van der Waals surface area contributed by atoms with E-state index in [4.69, 9.17) is 21.0 Å². The Kier molecular flexibility index (Phi) is 7.37. The van der Waals surface area contributed by atoms with Crippen molar-refractivity contribution in [2.45, 2.75) is 33.6 Å². The Morgan fingerprint density at radius 3 is 2.59 bits per heavy atom. The van der Waals surface area contributed by atoms with Gasteiger partial charge in [-0.05, 0) is 74.1 Å². The van der Waals surface area contributed by atoms with Gasteiger partial charge in [0.2, 0.25) is 17.8 Å². The van der Waals surface area contributed by atoms with Crippen LogP contribution in [0.3, 0.4) is 0 Å². The summed E-state index contributed by atoms with van der Waals surface area (Å²) in [6, 6.07) is 17.4. The molecule has 9 heteroatoms. The van der Waals surface area contributed by atoms with Gasteiger partial charge in [0.15, 0.2) is 0 Å². The largest absolute Gasteiger partial charge is 0.455 e. The van der Waals surface area contributed by atoms with Crippen molar-refractivity contribution in [3.8, 4) is 11.3 Å². The summed E-state index contributed by atoms with van der Waals surface area (Å²) in [6.45, 7) is 8.27. The molecule has 2 N–H and O–H groups in total. The highest BCUT2D eigenvalue weighted by Crippen LogP contribution is 2.26. The van der Waals surface area contributed by atoms with Crippen molar-refractivity contribution in [1.82, 2.24) is 15.0 Å². The van der Waals surface area contributed by atoms with E-state index in [2.05, 4.69) is 57.5 Å². The molecule has 1 aliphatic heterocycles. The number of rotatable bonds is 7. The SMILES string of the molecule is Cc1cccc(Nc2nc(NN=Cc3ccc(-c4cccc(Cl)c4)o3)nc(N3CCC(C)CC3)n2)c1C. The predicted molar refractivity (Wildman–Crippen MR) is 150 cm³/mol. The van der Waals surface area contributed by atoms with E-state index in [0.717, 1.165) is 42.7 Å². The van der Waals surface area contributed by atoms with Gasteiger partial charge in [0, 0.05) is 29.4 Å². The van der Waals surface area contributed by atoms with E-state index in [1.807, 2.05) is 48.5 Å². The number of aromatic nitrogens is 3. The van der Waals surface area contributed by atoms with E-state index >= 15 is 0 Å². The minimum atomic E-state index is 0.356. The van der Waals surface area contributed by atoms with Crippen molar-refractivity contribution < 1.29 is 4.42 Å². The summed E-state index contributed by atoms with van der Waals surface area (Å²) in [5.74, 6) is 3.47. The maximum Gasteiger partial charge on any atom is 0.250 e. The van der Waals surface area contributed by atoms with Crippen LogP contribution in [0.2, 0.25) is 5.02 Å². The number of hydrogen-bond donors (Lipinski definition) is 2. The Morgan fingerprint density at radius 2 is 1.78 bits per heavy atom. The molecule has 1 saturated heterocycles. The van der Waals surface area contributed by atoms with E-state index < -0.39 is 0 Å². The Hall–Kier alpha value is -3.91. The Bertz CT molecular complexity index is 1410. The molecular formula is C28H30ClN7O. The first kappa shape index (κ1) is 24.8. The first-order chi connectivity index (χ1) is 17.9. The summed E-state index contributed by atoms with van der Waals surface area (Å²) in [4.78, 5) is 16.2. The molecule has 0 saturated carbocycles. The molecule has 0 aliphatic carbocycles. The number of benzene rings is 2. The van der Waals surface area contributed by atoms with E-state index in [-0.39, 0.29) is 0 Å². The third kappa shape index (κ3) is 6.09. The van der Waals surface area contributed by atoms with Crippen LogP contribution >= 0.6 is 11.6 Å². The molecular weight excluding hydrogens is 486 g/mol. The topological polar surface area (TPSA) is 91.5 Å². The summed E-state index contributed by atoms with van der Waals surface area (Å²) >= 11 is 6.10. The van der Waals surface area contributed by atoms with Crippen molar-refractivity contribution >= 4 is 41.3 Å². The summed E-state index contributed by atoms with van der Waals surface area (Å²) in [5, 5.41) is 8.34. The molecule has 5 rings (SSSR count). The van der Waals surface area contributed by atoms with Gasteiger partial charge in [-0.2, -0.15) is 20.1 Å². The number of anilines is 4. The molecule has 0 atom stereocenters. The van der Waals surface area contributed by atoms with E-state index in [9.17, 15) is 0 Å². The fourth-order valence-electron chi connectivity index (χ4n) is 4.20. The average molecular weight is 516 g/mol. The van der Waals surface area contributed by atoms with Gasteiger partial charge < -0.3 is 14.6 Å². The highest BCUT2D eigenvalue weighted by molar-refractivity contribution is 6.30. The van der Waals surface area contributed by atoms with Gasteiger partial charge in [-0.15, -0.1) is 0 Å². The van der Waals surface area contributed by atoms with Crippen LogP contribution in [0, 0.1) is 19.8 Å². The molecule has 0 unspecified atom stereocenters. The van der Waals surface area contributed by atoms with Gasteiger partial charge >= 0.3 is 0 Å². The molecule has 190 valence electrons. The zero-order chi connectivity index (χ0) is 25.8. The van der Waals surface area contributed by atoms with Crippen LogP contribution < -0.4 is 15.6 Å². The molecule has 0 spiro atoms. The highest BCUT2D eigenvalue weighted by atomic mass is 35.5. The standard InChI is InChI=1S/C28H30ClN7O/c1-18-12-14-36(15-13-18)28-33-26(31-24-9-4-6-19(2)20(24)3)32-27(34-28)35-30-17-23-10-11-25(37-23)21-7-5-8-22(29)16-21/h4-11,16-18H,12-15H2,1-3H3,(H2,31,32,33,34,35). The number of aryl methyl sites for hydroxylation is 1. The number of furan rings is 1. The second-order valence-corrected chi connectivity index (χ2v) is 9.84. The summed E-state index contributed by atoms with van der Waals surface area (Å²) in [6.07, 6.45) is 3.82. The quantitative estimate of drug-likeness (QED) is 0.206. The summed E-state index contributed by atoms with van der Waals surface area (Å²) in [7, 11) is 0. The van der Waals surface area contributed by atoms with Gasteiger partial charge in [-0.1, -0.05) is 42.8 Å². The average Bonchev–Trinajstić information content (AvgIpc) is 3.36. The maximum absolute atomic E-state index is 6.10. The first-order valence-corrected chi connectivity index (χ1v) is 12.8. The lowest BCUT2D eigenvalue weighted by atomic mass is 10.00. The van der Waals surface area contributed by atoms with E-state index in [1.54, 1.807) is 6.21 Å². The van der Waals surface area contributed by atoms with Crippen molar-refractivity contribution in [1.29, 1.82) is 0 Å². The lowest BCUT2D eigenvalue weighted by molar-refractivity contribution is 0.434. The summed E-state index contributed by atoms with van der Waals surface area (Å²) in [5.41, 5.74) is 7.16. The predicted octanol–water partition coefficient (Wildman–Crippen LogP) is 6.83. The zero-order valence-electron chi connectivity index (χ0n) is 21.2. The molecule has 0 radical (unpaired) electrons. The number of nitrogens with one attached hydrogen (secondary N) is 2. The Morgan fingerprint density at radius 1 is 1.00 bits per heavy atom. The molecule has 2 aromatic heterocycles. The molecule has 0 bridgehead atoms. The van der Waals surface area contributed by atoms with Crippen molar-refractivity contribution in [3.05, 3.63) is 76.5 Å². The van der Waals surface area contributed by atoms with Crippen molar-refractivity contribution in [3.63, 3.8) is 0 Å². The fraction of sp³-hybridized carbons (Fsp3) is 0.286. The maximum atomic E-state index is 6.10. The number of halogens is 1. The number of nitrogens with zero attached hydrogens (tertiary/aromatic N) is 5. The Labute approximate surface area is 221 Å². The van der Waals surface area contributed by atoms with Gasteiger partial charge in [-0.25, -0.2) is 5.43 Å². The van der Waals surface area contributed by atoms with Crippen molar-refractivity contribution in [2.24, 2.45) is 11.0 Å². The van der Waals surface area contributed by atoms with Crippen LogP contribution in [0.1, 0.15) is 36.7 Å². The van der Waals surface area contributed by atoms with Crippen LogP contribution in [0.4, 0.5) is 23.5 Å². The zero-order valence-corrected chi connectivity index (χ0v) is 22.0. The van der Waals surface area contributed by atoms with Crippen LogP contribution in [0.15, 0.2) is 64.1 Å². The Balaban J connectivity index is 1.36. The van der Waals surface area contributed by atoms with Crippen molar-refractivity contribution in [2.75, 3.05) is 28.7 Å². The molecule has 3 heterocycles. The van der Waals surface area contributed by atoms with Crippen LogP contribution in [-0.2, 0) is 0 Å². The molecule has 1 fully saturated rings. The van der Waals surface area contributed by atoms with E-state index in [0.29, 0.717) is 40.3 Å². The number of piperidine rings is 1. The van der Waals surface area contributed by atoms with Gasteiger partial charge in [-0.3, -0.25) is 0 Å². The second-order valence-electron chi connectivity index (χ2n) is 9.41. The highest BCUT2D eigenvalue weighted by Gasteiger charge is 2.20. The number of hydrazone groups is 1. The van der Waals surface area contributed by atoms with Gasteiger partial charge in [0.25, 0.3) is 0 Å². The molecule has 4 aromatic rings. The second kappa shape index (κ2) is 11.0. The first-order valence-electron chi connectivity index (χ1n) is 12.4. The van der Waals surface area contributed by atoms with Crippen LogP contribution in [0.25, 0.3) is 11.3 Å². The van der Waals surface area contributed by atoms with Gasteiger partial charge in [0.1, 0.15) is 11.5 Å². The normalized spacial score (nSPS) is 14.3. The number of hydrogen-bond acceptors (Lipinski definition) is 8. The van der Waals surface area contributed by atoms with Crippen LogP contribution in [-0.4, -0.2) is 34.3 Å². The lowest BCUT2D eigenvalue weighted by Crippen LogP contribution is -2.34. The molecule has 37 heavy (non-hydrogen) atoms.